The lowest BCUT2D eigenvalue weighted by Gasteiger charge is -2.13. The van der Waals surface area contributed by atoms with Crippen molar-refractivity contribution in [3.05, 3.63) is 52.6 Å². The third-order valence-corrected chi connectivity index (χ3v) is 3.26. The first-order valence-electron chi connectivity index (χ1n) is 6.34. The Bertz CT molecular complexity index is 687. The Morgan fingerprint density at radius 1 is 1.20 bits per heavy atom. The molecule has 0 unspecified atom stereocenters. The molecule has 4 heteroatoms. The van der Waals surface area contributed by atoms with Crippen LogP contribution in [0.4, 0.5) is 11.4 Å². The van der Waals surface area contributed by atoms with Crippen molar-refractivity contribution in [3.8, 4) is 11.8 Å². The molecule has 0 amide bonds. The van der Waals surface area contributed by atoms with E-state index in [0.717, 1.165) is 22.4 Å². The fraction of sp³-hybridized carbons (Fsp3) is 0.188. The maximum absolute atomic E-state index is 9.64. The number of aryl methyl sites for hydroxylation is 2. The van der Waals surface area contributed by atoms with Gasteiger partial charge in [-0.15, -0.1) is 0 Å². The lowest BCUT2D eigenvalue weighted by Crippen LogP contribution is -2.04. The zero-order valence-corrected chi connectivity index (χ0v) is 11.6. The number of nitrogens with two attached hydrogens (primary N) is 1. The van der Waals surface area contributed by atoms with Crippen LogP contribution in [0.1, 0.15) is 22.3 Å². The van der Waals surface area contributed by atoms with Gasteiger partial charge in [-0.3, -0.25) is 0 Å². The molecule has 2 aromatic rings. The summed E-state index contributed by atoms with van der Waals surface area (Å²) in [7, 11) is 0. The molecule has 0 radical (unpaired) electrons. The van der Waals surface area contributed by atoms with Crippen LogP contribution in [0.5, 0.6) is 5.75 Å². The number of aromatic hydroxyl groups is 1. The Morgan fingerprint density at radius 3 is 2.65 bits per heavy atom. The number of nitriles is 1. The van der Waals surface area contributed by atoms with Gasteiger partial charge in [-0.2, -0.15) is 5.26 Å². The van der Waals surface area contributed by atoms with E-state index in [1.807, 2.05) is 19.9 Å². The minimum atomic E-state index is 0.287. The van der Waals surface area contributed by atoms with Crippen LogP contribution in [0.25, 0.3) is 0 Å². The zero-order valence-electron chi connectivity index (χ0n) is 11.6. The number of phenolic OH excluding ortho intramolecular Hbond substituents is 1. The highest BCUT2D eigenvalue weighted by Gasteiger charge is 2.06. The highest BCUT2D eigenvalue weighted by molar-refractivity contribution is 5.58. The summed E-state index contributed by atoms with van der Waals surface area (Å²) in [5.41, 5.74) is 10.6. The van der Waals surface area contributed by atoms with Gasteiger partial charge in [-0.1, -0.05) is 0 Å². The van der Waals surface area contributed by atoms with Crippen LogP contribution < -0.4 is 11.1 Å². The van der Waals surface area contributed by atoms with E-state index in [9.17, 15) is 5.11 Å². The van der Waals surface area contributed by atoms with Gasteiger partial charge in [0.25, 0.3) is 0 Å². The van der Waals surface area contributed by atoms with Crippen molar-refractivity contribution < 1.29 is 5.11 Å². The Balaban J connectivity index is 2.23. The Kier molecular flexibility index (Phi) is 3.81. The summed E-state index contributed by atoms with van der Waals surface area (Å²) in [5, 5.41) is 22.0. The third kappa shape index (κ3) is 2.83. The summed E-state index contributed by atoms with van der Waals surface area (Å²) in [4.78, 5) is 0. The van der Waals surface area contributed by atoms with Crippen LogP contribution in [0.2, 0.25) is 0 Å². The Labute approximate surface area is 118 Å². The zero-order chi connectivity index (χ0) is 14.7. The fourth-order valence-corrected chi connectivity index (χ4v) is 2.05. The minimum absolute atomic E-state index is 0.287. The van der Waals surface area contributed by atoms with Gasteiger partial charge in [-0.25, -0.2) is 0 Å². The maximum atomic E-state index is 9.64. The molecule has 0 aliphatic rings. The van der Waals surface area contributed by atoms with Crippen LogP contribution >= 0.6 is 0 Å². The highest BCUT2D eigenvalue weighted by atomic mass is 16.3. The van der Waals surface area contributed by atoms with Crippen molar-refractivity contribution in [2.24, 2.45) is 0 Å². The molecule has 102 valence electrons. The summed E-state index contributed by atoms with van der Waals surface area (Å²) in [6.07, 6.45) is 0. The molecule has 0 saturated heterocycles. The molecule has 0 aliphatic carbocycles. The number of hydrogen-bond acceptors (Lipinski definition) is 4. The lowest BCUT2D eigenvalue weighted by molar-refractivity contribution is 0.471. The Hall–Kier alpha value is -2.67. The van der Waals surface area contributed by atoms with Crippen molar-refractivity contribution in [1.29, 1.82) is 5.26 Å². The van der Waals surface area contributed by atoms with Crippen molar-refractivity contribution in [2.45, 2.75) is 20.4 Å². The summed E-state index contributed by atoms with van der Waals surface area (Å²) in [5.74, 6) is 0.287. The molecule has 0 atom stereocenters. The van der Waals surface area contributed by atoms with Crippen molar-refractivity contribution in [2.75, 3.05) is 11.1 Å². The summed E-state index contributed by atoms with van der Waals surface area (Å²) < 4.78 is 0. The monoisotopic (exact) mass is 267 g/mol. The molecular weight excluding hydrogens is 250 g/mol. The molecule has 0 aromatic heterocycles. The van der Waals surface area contributed by atoms with Crippen LogP contribution in [0.3, 0.4) is 0 Å². The predicted molar refractivity (Wildman–Crippen MR) is 80.5 cm³/mol. The van der Waals surface area contributed by atoms with Crippen molar-refractivity contribution in [1.82, 2.24) is 0 Å². The van der Waals surface area contributed by atoms with Gasteiger partial charge in [0.05, 0.1) is 11.6 Å². The van der Waals surface area contributed by atoms with Crippen LogP contribution in [0.15, 0.2) is 30.3 Å². The summed E-state index contributed by atoms with van der Waals surface area (Å²) >= 11 is 0. The van der Waals surface area contributed by atoms with E-state index < -0.39 is 0 Å². The van der Waals surface area contributed by atoms with E-state index in [0.29, 0.717) is 17.8 Å². The van der Waals surface area contributed by atoms with E-state index >= 15 is 0 Å². The van der Waals surface area contributed by atoms with Gasteiger partial charge >= 0.3 is 0 Å². The largest absolute Gasteiger partial charge is 0.508 e. The SMILES string of the molecule is Cc1cc(NCc2cc(N)ccc2C#N)c(C)cc1O. The molecule has 4 N–H and O–H groups in total. The maximum Gasteiger partial charge on any atom is 0.118 e. The van der Waals surface area contributed by atoms with Gasteiger partial charge in [0.2, 0.25) is 0 Å². The number of phenols is 1. The second-order valence-electron chi connectivity index (χ2n) is 4.84. The van der Waals surface area contributed by atoms with Crippen molar-refractivity contribution in [3.63, 3.8) is 0 Å². The first-order valence-corrected chi connectivity index (χ1v) is 6.34. The van der Waals surface area contributed by atoms with Gasteiger partial charge in [0, 0.05) is 17.9 Å². The average Bonchev–Trinajstić information content (AvgIpc) is 2.41. The number of anilines is 2. The predicted octanol–water partition coefficient (Wildman–Crippen LogP) is 3.08. The number of nitrogens with one attached hydrogen (secondary N) is 1. The second-order valence-corrected chi connectivity index (χ2v) is 4.84. The van der Waals surface area contributed by atoms with Gasteiger partial charge in [0.15, 0.2) is 0 Å². The molecule has 0 aliphatic heterocycles. The van der Waals surface area contributed by atoms with Gasteiger partial charge in [0.1, 0.15) is 5.75 Å². The third-order valence-electron chi connectivity index (χ3n) is 3.26. The smallest absolute Gasteiger partial charge is 0.118 e. The number of hydrogen-bond donors (Lipinski definition) is 3. The minimum Gasteiger partial charge on any atom is -0.508 e. The second kappa shape index (κ2) is 5.54. The van der Waals surface area contributed by atoms with E-state index in [1.54, 1.807) is 24.3 Å². The molecule has 2 rings (SSSR count). The number of rotatable bonds is 3. The molecule has 0 bridgehead atoms. The normalized spacial score (nSPS) is 10.1. The van der Waals surface area contributed by atoms with E-state index in [-0.39, 0.29) is 5.75 Å². The number of benzene rings is 2. The van der Waals surface area contributed by atoms with E-state index in [1.165, 1.54) is 0 Å². The molecule has 0 heterocycles. The van der Waals surface area contributed by atoms with Gasteiger partial charge in [-0.05, 0) is 60.9 Å². The number of nitrogens with zero attached hydrogens (tertiary/aromatic N) is 1. The summed E-state index contributed by atoms with van der Waals surface area (Å²) in [6.45, 7) is 4.28. The summed E-state index contributed by atoms with van der Waals surface area (Å²) in [6, 6.07) is 11.0. The lowest BCUT2D eigenvalue weighted by atomic mass is 10.1. The van der Waals surface area contributed by atoms with Crippen molar-refractivity contribution >= 4 is 11.4 Å². The molecule has 20 heavy (non-hydrogen) atoms. The fourth-order valence-electron chi connectivity index (χ4n) is 2.05. The quantitative estimate of drug-likeness (QED) is 0.589. The van der Waals surface area contributed by atoms with Crippen LogP contribution in [-0.4, -0.2) is 5.11 Å². The van der Waals surface area contributed by atoms with Gasteiger partial charge < -0.3 is 16.2 Å². The highest BCUT2D eigenvalue weighted by Crippen LogP contribution is 2.25. The topological polar surface area (TPSA) is 82.1 Å². The molecular formula is C16H17N3O. The molecule has 0 saturated carbocycles. The average molecular weight is 267 g/mol. The van der Waals surface area contributed by atoms with E-state index in [4.69, 9.17) is 11.0 Å². The Morgan fingerprint density at radius 2 is 1.95 bits per heavy atom. The van der Waals surface area contributed by atoms with Crippen LogP contribution in [0, 0.1) is 25.2 Å². The molecule has 0 spiro atoms. The molecule has 4 nitrogen and oxygen atoms in total. The standard InChI is InChI=1S/C16H17N3O/c1-10-6-16(20)11(2)5-15(10)19-9-13-7-14(18)4-3-12(13)8-17/h3-7,19-20H,9,18H2,1-2H3. The number of nitrogen functional groups attached to an aromatic ring is 1. The van der Waals surface area contributed by atoms with E-state index in [2.05, 4.69) is 11.4 Å². The first-order chi connectivity index (χ1) is 9.51. The molecule has 0 fully saturated rings. The van der Waals surface area contributed by atoms with Crippen LogP contribution in [-0.2, 0) is 6.54 Å². The molecule has 2 aromatic carbocycles. The first kappa shape index (κ1) is 13.8.